The third kappa shape index (κ3) is 7.01. The zero-order valence-electron chi connectivity index (χ0n) is 12.0. The number of hydrogen-bond donors (Lipinski definition) is 2. The van der Waals surface area contributed by atoms with E-state index in [1.54, 1.807) is 13.2 Å². The van der Waals surface area contributed by atoms with Crippen LogP contribution in [0.3, 0.4) is 0 Å². The number of ether oxygens (including phenoxy) is 2. The lowest BCUT2D eigenvalue weighted by Crippen LogP contribution is -2.16. The molecule has 21 heavy (non-hydrogen) atoms. The first kappa shape index (κ1) is 17.3. The standard InChI is InChI=1S/C14H19NO5S/c1-10-3-4-11(12(7-10)20-6-5-19-2)15-13(16)8-21-9-14(17)18/h3-4,7H,5-6,8-9H2,1-2H3,(H,15,16)(H,17,18). The summed E-state index contributed by atoms with van der Waals surface area (Å²) in [5, 5.41) is 11.2. The van der Waals surface area contributed by atoms with Gasteiger partial charge in [0, 0.05) is 7.11 Å². The number of hydrogen-bond acceptors (Lipinski definition) is 5. The lowest BCUT2D eigenvalue weighted by molar-refractivity contribution is -0.133. The van der Waals surface area contributed by atoms with Gasteiger partial charge in [-0.3, -0.25) is 9.59 Å². The van der Waals surface area contributed by atoms with Crippen LogP contribution < -0.4 is 10.1 Å². The molecule has 0 saturated heterocycles. The Balaban J connectivity index is 2.59. The van der Waals surface area contributed by atoms with Crippen LogP contribution in [0.2, 0.25) is 0 Å². The number of nitrogens with one attached hydrogen (secondary N) is 1. The highest BCUT2D eigenvalue weighted by Crippen LogP contribution is 2.26. The van der Waals surface area contributed by atoms with Gasteiger partial charge >= 0.3 is 5.97 Å². The van der Waals surface area contributed by atoms with Crippen molar-refractivity contribution in [1.82, 2.24) is 0 Å². The second-order valence-electron chi connectivity index (χ2n) is 4.28. The van der Waals surface area contributed by atoms with Crippen LogP contribution in [0.4, 0.5) is 5.69 Å². The molecule has 1 aromatic carbocycles. The molecule has 6 nitrogen and oxygen atoms in total. The molecule has 0 aromatic heterocycles. The first-order chi connectivity index (χ1) is 10.0. The van der Waals surface area contributed by atoms with Gasteiger partial charge in [0.1, 0.15) is 12.4 Å². The number of carboxylic acids is 1. The molecular formula is C14H19NO5S. The Hall–Kier alpha value is -1.73. The second kappa shape index (κ2) is 9.25. The van der Waals surface area contributed by atoms with Crippen molar-refractivity contribution in [1.29, 1.82) is 0 Å². The fourth-order valence-corrected chi connectivity index (χ4v) is 2.04. The van der Waals surface area contributed by atoms with Gasteiger partial charge in [0.05, 0.1) is 23.8 Å². The van der Waals surface area contributed by atoms with E-state index in [4.69, 9.17) is 14.6 Å². The number of aliphatic carboxylic acids is 1. The van der Waals surface area contributed by atoms with Crippen LogP contribution in [-0.4, -0.2) is 48.8 Å². The minimum absolute atomic E-state index is 0.0810. The maximum Gasteiger partial charge on any atom is 0.313 e. The molecule has 0 unspecified atom stereocenters. The molecular weight excluding hydrogens is 294 g/mol. The van der Waals surface area contributed by atoms with Gasteiger partial charge in [-0.1, -0.05) is 6.07 Å². The fraction of sp³-hybridized carbons (Fsp3) is 0.429. The molecule has 0 fully saturated rings. The van der Waals surface area contributed by atoms with Crippen molar-refractivity contribution in [3.8, 4) is 5.75 Å². The fourth-order valence-electron chi connectivity index (χ4n) is 1.50. The summed E-state index contributed by atoms with van der Waals surface area (Å²) in [6.45, 7) is 2.77. The van der Waals surface area contributed by atoms with Gasteiger partial charge in [0.15, 0.2) is 0 Å². The quantitative estimate of drug-likeness (QED) is 0.676. The predicted octanol–water partition coefficient (Wildman–Crippen LogP) is 1.78. The molecule has 0 heterocycles. The Morgan fingerprint density at radius 1 is 1.29 bits per heavy atom. The van der Waals surface area contributed by atoms with Crippen LogP contribution in [0.5, 0.6) is 5.75 Å². The van der Waals surface area contributed by atoms with E-state index in [0.29, 0.717) is 24.7 Å². The lowest BCUT2D eigenvalue weighted by atomic mass is 10.2. The Bertz CT molecular complexity index is 492. The molecule has 1 rings (SSSR count). The van der Waals surface area contributed by atoms with Crippen LogP contribution in [0.15, 0.2) is 18.2 Å². The molecule has 0 aliphatic heterocycles. The van der Waals surface area contributed by atoms with Gasteiger partial charge < -0.3 is 19.9 Å². The average Bonchev–Trinajstić information content (AvgIpc) is 2.41. The second-order valence-corrected chi connectivity index (χ2v) is 5.26. The van der Waals surface area contributed by atoms with Crippen LogP contribution in [0.1, 0.15) is 5.56 Å². The van der Waals surface area contributed by atoms with Crippen molar-refractivity contribution in [2.75, 3.05) is 37.1 Å². The molecule has 0 atom stereocenters. The highest BCUT2D eigenvalue weighted by atomic mass is 32.2. The third-order valence-electron chi connectivity index (χ3n) is 2.41. The summed E-state index contributed by atoms with van der Waals surface area (Å²) >= 11 is 1.05. The zero-order chi connectivity index (χ0) is 15.7. The van der Waals surface area contributed by atoms with Crippen molar-refractivity contribution >= 4 is 29.3 Å². The molecule has 1 aromatic rings. The Morgan fingerprint density at radius 3 is 2.71 bits per heavy atom. The van der Waals surface area contributed by atoms with E-state index < -0.39 is 5.97 Å². The minimum atomic E-state index is -0.938. The van der Waals surface area contributed by atoms with E-state index in [2.05, 4.69) is 5.32 Å². The number of benzene rings is 1. The van der Waals surface area contributed by atoms with Crippen molar-refractivity contribution < 1.29 is 24.2 Å². The summed E-state index contributed by atoms with van der Waals surface area (Å²) in [7, 11) is 1.59. The number of carbonyl (C=O) groups excluding carboxylic acids is 1. The zero-order valence-corrected chi connectivity index (χ0v) is 12.9. The molecule has 0 radical (unpaired) electrons. The topological polar surface area (TPSA) is 84.9 Å². The maximum atomic E-state index is 11.8. The molecule has 0 bridgehead atoms. The minimum Gasteiger partial charge on any atom is -0.489 e. The molecule has 0 spiro atoms. The summed E-state index contributed by atoms with van der Waals surface area (Å²) in [4.78, 5) is 22.1. The summed E-state index contributed by atoms with van der Waals surface area (Å²) in [5.74, 6) is -0.645. The molecule has 2 N–H and O–H groups in total. The number of anilines is 1. The number of thioether (sulfide) groups is 1. The Kier molecular flexibility index (Phi) is 7.63. The van der Waals surface area contributed by atoms with E-state index in [-0.39, 0.29) is 17.4 Å². The first-order valence-corrected chi connectivity index (χ1v) is 7.50. The van der Waals surface area contributed by atoms with Crippen LogP contribution >= 0.6 is 11.8 Å². The van der Waals surface area contributed by atoms with Gasteiger partial charge in [0.2, 0.25) is 5.91 Å². The van der Waals surface area contributed by atoms with Crippen molar-refractivity contribution in [3.63, 3.8) is 0 Å². The van der Waals surface area contributed by atoms with E-state index in [1.165, 1.54) is 0 Å². The number of carboxylic acid groups (broad SMARTS) is 1. The highest BCUT2D eigenvalue weighted by molar-refractivity contribution is 8.00. The average molecular weight is 313 g/mol. The summed E-state index contributed by atoms with van der Waals surface area (Å²) < 4.78 is 10.5. The van der Waals surface area contributed by atoms with E-state index >= 15 is 0 Å². The molecule has 0 aliphatic rings. The number of aryl methyl sites for hydroxylation is 1. The van der Waals surface area contributed by atoms with Gasteiger partial charge in [-0.2, -0.15) is 0 Å². The van der Waals surface area contributed by atoms with Gasteiger partial charge in [-0.25, -0.2) is 0 Å². The lowest BCUT2D eigenvalue weighted by Gasteiger charge is -2.13. The number of methoxy groups -OCH3 is 1. The largest absolute Gasteiger partial charge is 0.489 e. The number of rotatable bonds is 9. The maximum absolute atomic E-state index is 11.8. The van der Waals surface area contributed by atoms with Crippen LogP contribution in [0.25, 0.3) is 0 Å². The molecule has 7 heteroatoms. The molecule has 116 valence electrons. The van der Waals surface area contributed by atoms with Crippen molar-refractivity contribution in [2.45, 2.75) is 6.92 Å². The highest BCUT2D eigenvalue weighted by Gasteiger charge is 2.09. The van der Waals surface area contributed by atoms with Crippen molar-refractivity contribution in [3.05, 3.63) is 23.8 Å². The van der Waals surface area contributed by atoms with Gasteiger partial charge in [-0.15, -0.1) is 11.8 Å². The Morgan fingerprint density at radius 2 is 2.05 bits per heavy atom. The smallest absolute Gasteiger partial charge is 0.313 e. The summed E-state index contributed by atoms with van der Waals surface area (Å²) in [6.07, 6.45) is 0. The molecule has 0 saturated carbocycles. The van der Waals surface area contributed by atoms with E-state index in [0.717, 1.165) is 17.3 Å². The van der Waals surface area contributed by atoms with Crippen LogP contribution in [0, 0.1) is 6.92 Å². The monoisotopic (exact) mass is 313 g/mol. The predicted molar refractivity (Wildman–Crippen MR) is 82.1 cm³/mol. The van der Waals surface area contributed by atoms with Crippen molar-refractivity contribution in [2.24, 2.45) is 0 Å². The van der Waals surface area contributed by atoms with E-state index in [9.17, 15) is 9.59 Å². The third-order valence-corrected chi connectivity index (χ3v) is 3.33. The first-order valence-electron chi connectivity index (χ1n) is 6.34. The van der Waals surface area contributed by atoms with Gasteiger partial charge in [-0.05, 0) is 24.6 Å². The Labute approximate surface area is 127 Å². The molecule has 0 aliphatic carbocycles. The van der Waals surface area contributed by atoms with Gasteiger partial charge in [0.25, 0.3) is 0 Å². The number of carbonyl (C=O) groups is 2. The molecule has 1 amide bonds. The number of amides is 1. The SMILES string of the molecule is COCCOc1cc(C)ccc1NC(=O)CSCC(=O)O. The van der Waals surface area contributed by atoms with Crippen LogP contribution in [-0.2, 0) is 14.3 Å². The summed E-state index contributed by atoms with van der Waals surface area (Å²) in [5.41, 5.74) is 1.58. The summed E-state index contributed by atoms with van der Waals surface area (Å²) in [6, 6.07) is 5.45. The normalized spacial score (nSPS) is 10.2. The van der Waals surface area contributed by atoms with E-state index in [1.807, 2.05) is 19.1 Å².